The van der Waals surface area contributed by atoms with E-state index in [9.17, 15) is 9.59 Å². The first-order valence-corrected chi connectivity index (χ1v) is 5.26. The highest BCUT2D eigenvalue weighted by molar-refractivity contribution is 5.93. The number of hydrogen-bond acceptors (Lipinski definition) is 2. The van der Waals surface area contributed by atoms with E-state index in [1.807, 2.05) is 0 Å². The molecule has 0 saturated carbocycles. The Labute approximate surface area is 90.9 Å². The van der Waals surface area contributed by atoms with Gasteiger partial charge in [0.2, 0.25) is 0 Å². The van der Waals surface area contributed by atoms with Crippen molar-refractivity contribution in [3.63, 3.8) is 0 Å². The molecule has 0 aliphatic carbocycles. The molecule has 0 unspecified atom stereocenters. The lowest BCUT2D eigenvalue weighted by Gasteiger charge is -2.02. The lowest BCUT2D eigenvalue weighted by atomic mass is 10.1. The fraction of sp³-hybridized carbons (Fsp3) is 0.636. The largest absolute Gasteiger partial charge is 0.352 e. The minimum Gasteiger partial charge on any atom is -0.352 e. The monoisotopic (exact) mass is 212 g/mol. The summed E-state index contributed by atoms with van der Waals surface area (Å²) >= 11 is 0. The van der Waals surface area contributed by atoms with Crippen LogP contribution in [0.5, 0.6) is 0 Å². The molecule has 15 heavy (non-hydrogen) atoms. The third-order valence-electron chi connectivity index (χ3n) is 2.11. The Kier molecular flexibility index (Phi) is 7.32. The lowest BCUT2D eigenvalue weighted by Crippen LogP contribution is -2.29. The number of nitrogens with two attached hydrogens (primary N) is 1. The maximum Gasteiger partial charge on any atom is 0.312 e. The molecule has 2 amide bonds. The Bertz CT molecular complexity index is 237. The van der Waals surface area contributed by atoms with Gasteiger partial charge < -0.3 is 11.1 Å². The van der Waals surface area contributed by atoms with Crippen molar-refractivity contribution in [2.24, 2.45) is 5.73 Å². The molecule has 0 bridgehead atoms. The van der Waals surface area contributed by atoms with Crippen molar-refractivity contribution < 1.29 is 9.59 Å². The Balaban J connectivity index is 3.22. The Morgan fingerprint density at radius 3 is 2.33 bits per heavy atom. The number of amides is 2. The van der Waals surface area contributed by atoms with Crippen molar-refractivity contribution in [3.8, 4) is 0 Å². The summed E-state index contributed by atoms with van der Waals surface area (Å²) in [6, 6.07) is -0.479. The van der Waals surface area contributed by atoms with Crippen LogP contribution in [-0.2, 0) is 4.79 Å². The second kappa shape index (κ2) is 8.03. The summed E-state index contributed by atoms with van der Waals surface area (Å²) < 4.78 is 0. The number of Topliss-reactive ketones (excluding diaryl/α,β-unsaturated/α-hetero) is 1. The molecule has 0 aromatic heterocycles. The molecule has 0 saturated heterocycles. The van der Waals surface area contributed by atoms with E-state index in [4.69, 9.17) is 5.73 Å². The molecule has 0 spiro atoms. The highest BCUT2D eigenvalue weighted by Gasteiger charge is 2.01. The summed E-state index contributed by atoms with van der Waals surface area (Å²) in [4.78, 5) is 21.5. The number of rotatable bonds is 8. The van der Waals surface area contributed by atoms with Crippen LogP contribution in [0.4, 0.5) is 4.79 Å². The summed E-state index contributed by atoms with van der Waals surface area (Å²) in [6.07, 6.45) is 4.38. The maximum absolute atomic E-state index is 11.1. The molecule has 0 rings (SSSR count). The molecule has 0 radical (unpaired) electrons. The first-order chi connectivity index (χ1) is 7.04. The molecule has 0 aromatic carbocycles. The molecule has 0 aliphatic heterocycles. The standard InChI is InChI=1S/C11H20N2O2/c1-9(2)10(14)7-5-3-4-6-8-13-11(12)15/h1,3-8H2,2H3,(H3,12,13,15). The molecular formula is C11H20N2O2. The molecule has 0 atom stereocenters. The van der Waals surface area contributed by atoms with E-state index < -0.39 is 6.03 Å². The summed E-state index contributed by atoms with van der Waals surface area (Å²) in [5.41, 5.74) is 5.53. The fourth-order valence-electron chi connectivity index (χ4n) is 1.19. The minimum absolute atomic E-state index is 0.144. The van der Waals surface area contributed by atoms with Crippen LogP contribution in [0.2, 0.25) is 0 Å². The maximum atomic E-state index is 11.1. The van der Waals surface area contributed by atoms with E-state index in [0.717, 1.165) is 25.7 Å². The van der Waals surface area contributed by atoms with Crippen LogP contribution in [0.1, 0.15) is 39.0 Å². The van der Waals surface area contributed by atoms with Crippen molar-refractivity contribution in [1.29, 1.82) is 0 Å². The summed E-state index contributed by atoms with van der Waals surface area (Å²) in [5.74, 6) is 0.144. The smallest absolute Gasteiger partial charge is 0.312 e. The van der Waals surface area contributed by atoms with E-state index >= 15 is 0 Å². The molecule has 4 nitrogen and oxygen atoms in total. The molecule has 3 N–H and O–H groups in total. The van der Waals surface area contributed by atoms with Crippen LogP contribution >= 0.6 is 0 Å². The van der Waals surface area contributed by atoms with E-state index in [-0.39, 0.29) is 5.78 Å². The average molecular weight is 212 g/mol. The van der Waals surface area contributed by atoms with Gasteiger partial charge in [0.05, 0.1) is 0 Å². The van der Waals surface area contributed by atoms with Crippen LogP contribution in [0.15, 0.2) is 12.2 Å². The topological polar surface area (TPSA) is 72.2 Å². The number of ketones is 1. The summed E-state index contributed by atoms with van der Waals surface area (Å²) in [7, 11) is 0. The Morgan fingerprint density at radius 2 is 1.80 bits per heavy atom. The first kappa shape index (κ1) is 13.7. The first-order valence-electron chi connectivity index (χ1n) is 5.26. The van der Waals surface area contributed by atoms with Gasteiger partial charge in [-0.1, -0.05) is 19.4 Å². The fourth-order valence-corrected chi connectivity index (χ4v) is 1.19. The number of urea groups is 1. The van der Waals surface area contributed by atoms with Gasteiger partial charge in [-0.15, -0.1) is 0 Å². The van der Waals surface area contributed by atoms with Gasteiger partial charge >= 0.3 is 6.03 Å². The van der Waals surface area contributed by atoms with Gasteiger partial charge in [-0.3, -0.25) is 4.79 Å². The summed E-state index contributed by atoms with van der Waals surface area (Å²) in [5, 5.41) is 2.52. The second-order valence-electron chi connectivity index (χ2n) is 3.66. The number of nitrogens with one attached hydrogen (secondary N) is 1. The normalized spacial score (nSPS) is 9.67. The van der Waals surface area contributed by atoms with Crippen molar-refractivity contribution in [2.45, 2.75) is 39.0 Å². The second-order valence-corrected chi connectivity index (χ2v) is 3.66. The lowest BCUT2D eigenvalue weighted by molar-refractivity contribution is -0.115. The van der Waals surface area contributed by atoms with Gasteiger partial charge in [0.25, 0.3) is 0 Å². The quantitative estimate of drug-likeness (QED) is 0.475. The SMILES string of the molecule is C=C(C)C(=O)CCCCCCNC(N)=O. The van der Waals surface area contributed by atoms with Gasteiger partial charge in [0, 0.05) is 13.0 Å². The molecule has 86 valence electrons. The van der Waals surface area contributed by atoms with E-state index in [0.29, 0.717) is 18.5 Å². The zero-order chi connectivity index (χ0) is 11.7. The predicted octanol–water partition coefficient (Wildman–Crippen LogP) is 1.75. The highest BCUT2D eigenvalue weighted by atomic mass is 16.2. The van der Waals surface area contributed by atoms with Gasteiger partial charge in [0.15, 0.2) is 5.78 Å². The van der Waals surface area contributed by atoms with Gasteiger partial charge in [-0.05, 0) is 25.3 Å². The number of allylic oxidation sites excluding steroid dienone is 1. The van der Waals surface area contributed by atoms with Crippen LogP contribution in [-0.4, -0.2) is 18.4 Å². The molecule has 4 heteroatoms. The third-order valence-corrected chi connectivity index (χ3v) is 2.11. The van der Waals surface area contributed by atoms with Gasteiger partial charge in [-0.25, -0.2) is 4.79 Å². The number of unbranched alkanes of at least 4 members (excludes halogenated alkanes) is 3. The van der Waals surface area contributed by atoms with Crippen LogP contribution in [0.25, 0.3) is 0 Å². The minimum atomic E-state index is -0.479. The zero-order valence-electron chi connectivity index (χ0n) is 9.34. The Hall–Kier alpha value is -1.32. The zero-order valence-corrected chi connectivity index (χ0v) is 9.34. The average Bonchev–Trinajstić information content (AvgIpc) is 2.15. The third kappa shape index (κ3) is 9.00. The number of carbonyl (C=O) groups is 2. The highest BCUT2D eigenvalue weighted by Crippen LogP contribution is 2.05. The van der Waals surface area contributed by atoms with E-state index in [1.165, 1.54) is 0 Å². The van der Waals surface area contributed by atoms with Crippen molar-refractivity contribution >= 4 is 11.8 Å². The van der Waals surface area contributed by atoms with Crippen LogP contribution in [0, 0.1) is 0 Å². The van der Waals surface area contributed by atoms with E-state index in [1.54, 1.807) is 6.92 Å². The van der Waals surface area contributed by atoms with Crippen molar-refractivity contribution in [1.82, 2.24) is 5.32 Å². The number of carbonyl (C=O) groups excluding carboxylic acids is 2. The van der Waals surface area contributed by atoms with E-state index in [2.05, 4.69) is 11.9 Å². The van der Waals surface area contributed by atoms with Crippen molar-refractivity contribution in [2.75, 3.05) is 6.54 Å². The predicted molar refractivity (Wildman–Crippen MR) is 60.5 cm³/mol. The molecule has 0 fully saturated rings. The number of hydrogen-bond donors (Lipinski definition) is 2. The van der Waals surface area contributed by atoms with Crippen LogP contribution in [0.3, 0.4) is 0 Å². The molecule has 0 aliphatic rings. The van der Waals surface area contributed by atoms with Gasteiger partial charge in [0.1, 0.15) is 0 Å². The van der Waals surface area contributed by atoms with Crippen molar-refractivity contribution in [3.05, 3.63) is 12.2 Å². The molecular weight excluding hydrogens is 192 g/mol. The number of primary amides is 1. The Morgan fingerprint density at radius 1 is 1.20 bits per heavy atom. The molecule has 0 aromatic rings. The van der Waals surface area contributed by atoms with Crippen LogP contribution < -0.4 is 11.1 Å². The summed E-state index contributed by atoms with van der Waals surface area (Å²) in [6.45, 7) is 5.94. The molecule has 0 heterocycles. The van der Waals surface area contributed by atoms with Gasteiger partial charge in [-0.2, -0.15) is 0 Å².